The van der Waals surface area contributed by atoms with Crippen LogP contribution in [0.3, 0.4) is 0 Å². The van der Waals surface area contributed by atoms with Gasteiger partial charge in [-0.1, -0.05) is 25.4 Å². The largest absolute Gasteiger partial charge is 0.366 e. The number of hydrogen-bond donors (Lipinski definition) is 1. The van der Waals surface area contributed by atoms with Crippen molar-refractivity contribution in [3.05, 3.63) is 46.1 Å². The van der Waals surface area contributed by atoms with Crippen LogP contribution in [0, 0.1) is 13.8 Å². The maximum absolute atomic E-state index is 6.17. The van der Waals surface area contributed by atoms with Crippen molar-refractivity contribution < 1.29 is 0 Å². The molecular weight excluding hydrogens is 272 g/mol. The molecule has 20 heavy (non-hydrogen) atoms. The van der Waals surface area contributed by atoms with E-state index in [9.17, 15) is 0 Å². The summed E-state index contributed by atoms with van der Waals surface area (Å²) in [5, 5.41) is 3.85. The summed E-state index contributed by atoms with van der Waals surface area (Å²) in [6.45, 7) is 8.77. The Morgan fingerprint density at radius 3 is 2.65 bits per heavy atom. The number of aromatic nitrogens is 3. The normalized spacial score (nSPS) is 10.9. The molecule has 0 spiro atoms. The molecule has 0 saturated heterocycles. The van der Waals surface area contributed by atoms with Crippen molar-refractivity contribution in [2.45, 2.75) is 40.2 Å². The summed E-state index contributed by atoms with van der Waals surface area (Å²) in [7, 11) is 0. The second kappa shape index (κ2) is 6.18. The van der Waals surface area contributed by atoms with Gasteiger partial charge in [-0.25, -0.2) is 9.97 Å². The predicted molar refractivity (Wildman–Crippen MR) is 82.2 cm³/mol. The fourth-order valence-corrected chi connectivity index (χ4v) is 1.99. The first-order chi connectivity index (χ1) is 9.49. The molecule has 0 aliphatic rings. The summed E-state index contributed by atoms with van der Waals surface area (Å²) in [6.07, 6.45) is 3.65. The number of anilines is 1. The highest BCUT2D eigenvalue weighted by molar-refractivity contribution is 6.30. The lowest BCUT2D eigenvalue weighted by atomic mass is 10.1. The van der Waals surface area contributed by atoms with Crippen LogP contribution in [-0.4, -0.2) is 15.0 Å². The minimum Gasteiger partial charge on any atom is -0.366 e. The highest BCUT2D eigenvalue weighted by Crippen LogP contribution is 2.23. The molecule has 5 heteroatoms. The van der Waals surface area contributed by atoms with Gasteiger partial charge in [0.25, 0.3) is 0 Å². The number of aryl methyl sites for hydroxylation is 1. The first-order valence-electron chi connectivity index (χ1n) is 6.66. The lowest BCUT2D eigenvalue weighted by molar-refractivity contribution is 0.771. The zero-order valence-electron chi connectivity index (χ0n) is 12.2. The first-order valence-corrected chi connectivity index (χ1v) is 7.04. The van der Waals surface area contributed by atoms with Gasteiger partial charge in [-0.3, -0.25) is 4.98 Å². The van der Waals surface area contributed by atoms with Crippen molar-refractivity contribution in [2.24, 2.45) is 0 Å². The lowest BCUT2D eigenvalue weighted by Gasteiger charge is -2.13. The van der Waals surface area contributed by atoms with Gasteiger partial charge in [-0.05, 0) is 31.0 Å². The van der Waals surface area contributed by atoms with Gasteiger partial charge in [0.05, 0.1) is 0 Å². The summed E-state index contributed by atoms with van der Waals surface area (Å²) in [5.74, 6) is 1.80. The SMILES string of the molecule is Cc1cnccc1CNc1nc(C(C)C)nc(Cl)c1C. The predicted octanol–water partition coefficient (Wildman–Crippen LogP) is 3.88. The zero-order chi connectivity index (χ0) is 14.7. The fraction of sp³-hybridized carbons (Fsp3) is 0.400. The number of nitrogens with one attached hydrogen (secondary N) is 1. The summed E-state index contributed by atoms with van der Waals surface area (Å²) < 4.78 is 0. The Labute approximate surface area is 124 Å². The molecule has 0 radical (unpaired) electrons. The molecular formula is C15H19ClN4. The van der Waals surface area contributed by atoms with Crippen molar-refractivity contribution in [3.8, 4) is 0 Å². The van der Waals surface area contributed by atoms with Crippen LogP contribution in [0.25, 0.3) is 0 Å². The maximum Gasteiger partial charge on any atom is 0.137 e. The monoisotopic (exact) mass is 290 g/mol. The van der Waals surface area contributed by atoms with E-state index in [1.807, 2.05) is 26.1 Å². The Morgan fingerprint density at radius 2 is 2.00 bits per heavy atom. The third kappa shape index (κ3) is 3.25. The Balaban J connectivity index is 2.23. The van der Waals surface area contributed by atoms with E-state index in [0.29, 0.717) is 11.7 Å². The summed E-state index contributed by atoms with van der Waals surface area (Å²) in [5.41, 5.74) is 3.23. The van der Waals surface area contributed by atoms with E-state index in [2.05, 4.69) is 34.1 Å². The second-order valence-corrected chi connectivity index (χ2v) is 5.51. The van der Waals surface area contributed by atoms with Crippen LogP contribution in [-0.2, 0) is 6.54 Å². The van der Waals surface area contributed by atoms with Gasteiger partial charge in [-0.2, -0.15) is 0 Å². The molecule has 2 heterocycles. The van der Waals surface area contributed by atoms with Gasteiger partial charge in [0, 0.05) is 30.4 Å². The minimum absolute atomic E-state index is 0.247. The van der Waals surface area contributed by atoms with E-state index in [0.717, 1.165) is 22.8 Å². The van der Waals surface area contributed by atoms with E-state index in [4.69, 9.17) is 11.6 Å². The second-order valence-electron chi connectivity index (χ2n) is 5.16. The molecule has 1 N–H and O–H groups in total. The molecule has 2 aromatic heterocycles. The molecule has 0 aliphatic carbocycles. The number of pyridine rings is 1. The molecule has 0 bridgehead atoms. The van der Waals surface area contributed by atoms with Gasteiger partial charge in [0.1, 0.15) is 16.8 Å². The molecule has 0 fully saturated rings. The molecule has 0 aliphatic heterocycles. The number of hydrogen-bond acceptors (Lipinski definition) is 4. The molecule has 2 aromatic rings. The quantitative estimate of drug-likeness (QED) is 0.868. The van der Waals surface area contributed by atoms with Crippen LogP contribution in [0.5, 0.6) is 0 Å². The van der Waals surface area contributed by atoms with E-state index >= 15 is 0 Å². The van der Waals surface area contributed by atoms with Crippen LogP contribution >= 0.6 is 11.6 Å². The van der Waals surface area contributed by atoms with Gasteiger partial charge in [-0.15, -0.1) is 0 Å². The average molecular weight is 291 g/mol. The van der Waals surface area contributed by atoms with Crippen molar-refractivity contribution in [1.29, 1.82) is 0 Å². The maximum atomic E-state index is 6.17. The van der Waals surface area contributed by atoms with Crippen molar-refractivity contribution in [3.63, 3.8) is 0 Å². The van der Waals surface area contributed by atoms with E-state index < -0.39 is 0 Å². The Kier molecular flexibility index (Phi) is 4.55. The zero-order valence-corrected chi connectivity index (χ0v) is 13.0. The van der Waals surface area contributed by atoms with E-state index in [-0.39, 0.29) is 5.92 Å². The molecule has 0 aromatic carbocycles. The topological polar surface area (TPSA) is 50.7 Å². The number of halogens is 1. The van der Waals surface area contributed by atoms with Crippen molar-refractivity contribution in [1.82, 2.24) is 15.0 Å². The van der Waals surface area contributed by atoms with Gasteiger partial charge in [0.2, 0.25) is 0 Å². The Morgan fingerprint density at radius 1 is 1.25 bits per heavy atom. The minimum atomic E-state index is 0.247. The molecule has 106 valence electrons. The Hall–Kier alpha value is -1.68. The fourth-order valence-electron chi connectivity index (χ4n) is 1.82. The third-order valence-corrected chi connectivity index (χ3v) is 3.57. The number of nitrogens with zero attached hydrogens (tertiary/aromatic N) is 3. The van der Waals surface area contributed by atoms with Crippen molar-refractivity contribution >= 4 is 17.4 Å². The molecule has 0 saturated carbocycles. The molecule has 4 nitrogen and oxygen atoms in total. The number of rotatable bonds is 4. The smallest absolute Gasteiger partial charge is 0.137 e. The van der Waals surface area contributed by atoms with Gasteiger partial charge >= 0.3 is 0 Å². The summed E-state index contributed by atoms with van der Waals surface area (Å²) >= 11 is 6.17. The first kappa shape index (κ1) is 14.7. The molecule has 0 amide bonds. The molecule has 2 rings (SSSR count). The van der Waals surface area contributed by atoms with Gasteiger partial charge in [0.15, 0.2) is 0 Å². The Bertz CT molecular complexity index is 611. The lowest BCUT2D eigenvalue weighted by Crippen LogP contribution is -2.09. The molecule has 0 atom stereocenters. The highest BCUT2D eigenvalue weighted by atomic mass is 35.5. The van der Waals surface area contributed by atoms with Crippen LogP contribution < -0.4 is 5.32 Å². The third-order valence-electron chi connectivity index (χ3n) is 3.20. The van der Waals surface area contributed by atoms with Crippen LogP contribution in [0.1, 0.15) is 42.3 Å². The highest BCUT2D eigenvalue weighted by Gasteiger charge is 2.11. The van der Waals surface area contributed by atoms with Gasteiger partial charge < -0.3 is 5.32 Å². The molecule has 0 unspecified atom stereocenters. The van der Waals surface area contributed by atoms with E-state index in [1.165, 1.54) is 5.56 Å². The standard InChI is InChI=1S/C15H19ClN4/c1-9(2)14-19-13(16)11(4)15(20-14)18-8-12-5-6-17-7-10(12)3/h5-7,9H,8H2,1-4H3,(H,18,19,20). The van der Waals surface area contributed by atoms with Crippen LogP contribution in [0.15, 0.2) is 18.5 Å². The van der Waals surface area contributed by atoms with Crippen LogP contribution in [0.2, 0.25) is 5.15 Å². The summed E-state index contributed by atoms with van der Waals surface area (Å²) in [4.78, 5) is 13.0. The average Bonchev–Trinajstić information content (AvgIpc) is 2.41. The summed E-state index contributed by atoms with van der Waals surface area (Å²) in [6, 6.07) is 2.00. The van der Waals surface area contributed by atoms with E-state index in [1.54, 1.807) is 6.20 Å². The van der Waals surface area contributed by atoms with Crippen LogP contribution in [0.4, 0.5) is 5.82 Å². The van der Waals surface area contributed by atoms with Crippen molar-refractivity contribution in [2.75, 3.05) is 5.32 Å².